The van der Waals surface area contributed by atoms with Crippen LogP contribution >= 0.6 is 11.3 Å². The predicted molar refractivity (Wildman–Crippen MR) is 113 cm³/mol. The van der Waals surface area contributed by atoms with E-state index >= 15 is 0 Å². The number of benzene rings is 1. The number of aromatic nitrogens is 6. The molecule has 6 rings (SSSR count). The lowest BCUT2D eigenvalue weighted by Gasteiger charge is -2.25. The molecule has 0 unspecified atom stereocenters. The van der Waals surface area contributed by atoms with Gasteiger partial charge in [0.2, 0.25) is 0 Å². The van der Waals surface area contributed by atoms with Gasteiger partial charge in [0.1, 0.15) is 17.2 Å². The Labute approximate surface area is 177 Å². The highest BCUT2D eigenvalue weighted by Crippen LogP contribution is 2.41. The first-order valence-electron chi connectivity index (χ1n) is 10.3. The van der Waals surface area contributed by atoms with E-state index in [1.165, 1.54) is 10.4 Å². The summed E-state index contributed by atoms with van der Waals surface area (Å²) in [4.78, 5) is 22.1. The molecule has 0 saturated carbocycles. The van der Waals surface area contributed by atoms with Crippen LogP contribution in [0.15, 0.2) is 30.6 Å². The zero-order valence-corrected chi connectivity index (χ0v) is 17.5. The second-order valence-corrected chi connectivity index (χ2v) is 9.05. The Morgan fingerprint density at radius 1 is 1.20 bits per heavy atom. The average Bonchev–Trinajstić information content (AvgIpc) is 3.55. The molecular formula is C21H21N7OS. The summed E-state index contributed by atoms with van der Waals surface area (Å²) in [5.74, 6) is 1.03. The number of amides is 1. The van der Waals surface area contributed by atoms with Crippen LogP contribution in [0.5, 0.6) is 0 Å². The molecule has 1 saturated heterocycles. The second kappa shape index (κ2) is 6.73. The van der Waals surface area contributed by atoms with Crippen LogP contribution in [0.1, 0.15) is 51.9 Å². The Kier molecular flexibility index (Phi) is 3.98. The van der Waals surface area contributed by atoms with Gasteiger partial charge in [0, 0.05) is 18.5 Å². The van der Waals surface area contributed by atoms with E-state index in [0.29, 0.717) is 0 Å². The van der Waals surface area contributed by atoms with Crippen molar-refractivity contribution in [1.82, 2.24) is 34.7 Å². The van der Waals surface area contributed by atoms with Gasteiger partial charge in [0.25, 0.3) is 5.91 Å². The van der Waals surface area contributed by atoms with Gasteiger partial charge in [-0.1, -0.05) is 12.1 Å². The summed E-state index contributed by atoms with van der Waals surface area (Å²) in [5.41, 5.74) is 4.04. The molecule has 9 heteroatoms. The lowest BCUT2D eigenvalue weighted by molar-refractivity contribution is 0.0728. The molecule has 3 aromatic heterocycles. The third-order valence-corrected chi connectivity index (χ3v) is 7.59. The molecule has 152 valence electrons. The molecule has 1 aliphatic heterocycles. The summed E-state index contributed by atoms with van der Waals surface area (Å²) < 4.78 is 3.77. The first-order valence-corrected chi connectivity index (χ1v) is 11.1. The summed E-state index contributed by atoms with van der Waals surface area (Å²) in [6.45, 7) is 0.742. The molecular weight excluding hydrogens is 398 g/mol. The molecule has 4 heterocycles. The Morgan fingerprint density at radius 3 is 2.93 bits per heavy atom. The number of rotatable bonds is 3. The molecule has 1 aromatic carbocycles. The molecule has 1 fully saturated rings. The second-order valence-electron chi connectivity index (χ2n) is 7.97. The summed E-state index contributed by atoms with van der Waals surface area (Å²) in [6.07, 6.45) is 6.55. The van der Waals surface area contributed by atoms with Crippen molar-refractivity contribution in [3.05, 3.63) is 52.4 Å². The summed E-state index contributed by atoms with van der Waals surface area (Å²) >= 11 is 1.65. The topological polar surface area (TPSA) is 81.7 Å². The minimum atomic E-state index is -0.0198. The largest absolute Gasteiger partial charge is 0.329 e. The lowest BCUT2D eigenvalue weighted by Crippen LogP contribution is -2.32. The van der Waals surface area contributed by atoms with Gasteiger partial charge < -0.3 is 9.47 Å². The van der Waals surface area contributed by atoms with Crippen molar-refractivity contribution in [2.45, 2.75) is 38.1 Å². The molecule has 30 heavy (non-hydrogen) atoms. The lowest BCUT2D eigenvalue weighted by atomic mass is 10.1. The van der Waals surface area contributed by atoms with E-state index in [9.17, 15) is 4.79 Å². The maximum absolute atomic E-state index is 13.9. The van der Waals surface area contributed by atoms with Gasteiger partial charge in [-0.3, -0.25) is 4.79 Å². The number of para-hydroxylation sites is 2. The molecule has 1 aliphatic carbocycles. The van der Waals surface area contributed by atoms with Gasteiger partial charge in [0.15, 0.2) is 0 Å². The molecule has 1 amide bonds. The van der Waals surface area contributed by atoms with Crippen LogP contribution < -0.4 is 0 Å². The van der Waals surface area contributed by atoms with E-state index in [1.807, 2.05) is 30.1 Å². The Bertz CT molecular complexity index is 1260. The van der Waals surface area contributed by atoms with E-state index in [-0.39, 0.29) is 11.9 Å². The predicted octanol–water partition coefficient (Wildman–Crippen LogP) is 3.08. The fraction of sp³-hybridized carbons (Fsp3) is 0.381. The first kappa shape index (κ1) is 17.8. The quantitative estimate of drug-likeness (QED) is 0.510. The minimum absolute atomic E-state index is 0.0198. The third kappa shape index (κ3) is 2.54. The van der Waals surface area contributed by atoms with Crippen molar-refractivity contribution < 1.29 is 4.79 Å². The minimum Gasteiger partial charge on any atom is -0.329 e. The third-order valence-electron chi connectivity index (χ3n) is 6.31. The van der Waals surface area contributed by atoms with Crippen molar-refractivity contribution in [2.24, 2.45) is 7.05 Å². The van der Waals surface area contributed by atoms with Crippen molar-refractivity contribution in [3.63, 3.8) is 0 Å². The molecule has 2 aliphatic rings. The van der Waals surface area contributed by atoms with Crippen molar-refractivity contribution in [2.75, 3.05) is 6.54 Å². The van der Waals surface area contributed by atoms with Gasteiger partial charge in [0.05, 0.1) is 22.6 Å². The molecule has 0 bridgehead atoms. The number of fused-ring (bicyclic) bond motifs is 2. The number of tetrazole rings is 1. The number of carbonyl (C=O) groups excluding carboxylic acids is 1. The monoisotopic (exact) mass is 419 g/mol. The number of imidazole rings is 1. The number of aryl methyl sites for hydroxylation is 2. The Hall–Kier alpha value is -3.07. The van der Waals surface area contributed by atoms with Crippen LogP contribution in [0, 0.1) is 0 Å². The molecule has 0 N–H and O–H groups in total. The van der Waals surface area contributed by atoms with E-state index in [4.69, 9.17) is 4.98 Å². The fourth-order valence-electron chi connectivity index (χ4n) is 4.91. The Balaban J connectivity index is 1.43. The maximum Gasteiger partial charge on any atom is 0.257 e. The van der Waals surface area contributed by atoms with Crippen LogP contribution in [-0.4, -0.2) is 47.1 Å². The zero-order valence-electron chi connectivity index (χ0n) is 16.7. The van der Waals surface area contributed by atoms with Crippen LogP contribution in [0.25, 0.3) is 16.0 Å². The summed E-state index contributed by atoms with van der Waals surface area (Å²) in [6, 6.07) is 8.12. The van der Waals surface area contributed by atoms with E-state index in [0.717, 1.165) is 66.1 Å². The van der Waals surface area contributed by atoms with Gasteiger partial charge in [-0.2, -0.15) is 4.68 Å². The zero-order chi connectivity index (χ0) is 20.2. The number of nitrogens with zero attached hydrogens (tertiary/aromatic N) is 7. The fourth-order valence-corrected chi connectivity index (χ4v) is 6.21. The van der Waals surface area contributed by atoms with Gasteiger partial charge in [-0.25, -0.2) is 4.98 Å². The molecule has 0 radical (unpaired) electrons. The number of carbonyl (C=O) groups is 1. The molecule has 0 spiro atoms. The molecule has 8 nitrogen and oxygen atoms in total. The summed E-state index contributed by atoms with van der Waals surface area (Å²) in [7, 11) is 2.04. The summed E-state index contributed by atoms with van der Waals surface area (Å²) in [5, 5.41) is 12.5. The SMILES string of the molecule is Cn1c([C@H]2CCCN2C(=O)c2c(-n3cnnn3)sc3c2CCC3)nc2ccccc21. The maximum atomic E-state index is 13.9. The van der Waals surface area contributed by atoms with Crippen LogP contribution in [0.2, 0.25) is 0 Å². The smallest absolute Gasteiger partial charge is 0.257 e. The van der Waals surface area contributed by atoms with Gasteiger partial charge >= 0.3 is 0 Å². The van der Waals surface area contributed by atoms with E-state index < -0.39 is 0 Å². The van der Waals surface area contributed by atoms with Crippen molar-refractivity contribution in [3.8, 4) is 5.00 Å². The highest BCUT2D eigenvalue weighted by atomic mass is 32.1. The molecule has 1 atom stereocenters. The van der Waals surface area contributed by atoms with Crippen LogP contribution in [-0.2, 0) is 19.9 Å². The van der Waals surface area contributed by atoms with Crippen molar-refractivity contribution >= 4 is 28.3 Å². The van der Waals surface area contributed by atoms with Gasteiger partial charge in [-0.05, 0) is 60.2 Å². The Morgan fingerprint density at radius 2 is 2.10 bits per heavy atom. The molecule has 4 aromatic rings. The number of likely N-dealkylation sites (tertiary alicyclic amines) is 1. The highest BCUT2D eigenvalue weighted by Gasteiger charge is 2.38. The number of thiophene rings is 1. The standard InChI is InChI=1S/C21H21N7OS/c1-26-15-8-3-2-7-14(15)23-19(26)16-9-5-11-27(16)20(29)18-13-6-4-10-17(13)30-21(18)28-12-22-24-25-28/h2-3,7-8,12,16H,4-6,9-11H2,1H3/t16-/m1/s1. The van der Waals surface area contributed by atoms with Crippen LogP contribution in [0.3, 0.4) is 0 Å². The number of hydrogen-bond donors (Lipinski definition) is 0. The van der Waals surface area contributed by atoms with Gasteiger partial charge in [-0.15, -0.1) is 16.4 Å². The van der Waals surface area contributed by atoms with Crippen LogP contribution in [0.4, 0.5) is 0 Å². The van der Waals surface area contributed by atoms with E-state index in [2.05, 4.69) is 26.2 Å². The van der Waals surface area contributed by atoms with Crippen molar-refractivity contribution in [1.29, 1.82) is 0 Å². The average molecular weight is 420 g/mol. The highest BCUT2D eigenvalue weighted by molar-refractivity contribution is 7.15. The van der Waals surface area contributed by atoms with E-state index in [1.54, 1.807) is 22.3 Å². The number of hydrogen-bond acceptors (Lipinski definition) is 6. The normalized spacial score (nSPS) is 18.4. The first-order chi connectivity index (χ1) is 14.7.